The van der Waals surface area contributed by atoms with E-state index in [4.69, 9.17) is 11.6 Å². The minimum Gasteiger partial charge on any atom is -0.268 e. The second kappa shape index (κ2) is 3.00. The molecule has 0 radical (unpaired) electrons. The fourth-order valence-electron chi connectivity index (χ4n) is 1.43. The standard InChI is InChI=1S/C9H8BrClN2/c1-5-6-3-7(10)8(11)4-9(6)13(2)12-5/h3-4H,1-2H3. The lowest BCUT2D eigenvalue weighted by atomic mass is 10.2. The number of hydrogen-bond acceptors (Lipinski definition) is 1. The van der Waals surface area contributed by atoms with Crippen LogP contribution in [-0.4, -0.2) is 9.78 Å². The van der Waals surface area contributed by atoms with Gasteiger partial charge in [-0.2, -0.15) is 5.10 Å². The summed E-state index contributed by atoms with van der Waals surface area (Å²) in [7, 11) is 1.92. The highest BCUT2D eigenvalue weighted by molar-refractivity contribution is 9.10. The van der Waals surface area contributed by atoms with Gasteiger partial charge in [0.25, 0.3) is 0 Å². The van der Waals surface area contributed by atoms with Crippen LogP contribution in [0.5, 0.6) is 0 Å². The first-order chi connectivity index (χ1) is 6.09. The number of aryl methyl sites for hydroxylation is 2. The molecule has 13 heavy (non-hydrogen) atoms. The molecule has 0 atom stereocenters. The molecule has 0 unspecified atom stereocenters. The molecule has 1 heterocycles. The number of nitrogens with zero attached hydrogens (tertiary/aromatic N) is 2. The Labute approximate surface area is 89.6 Å². The molecule has 0 aliphatic carbocycles. The summed E-state index contributed by atoms with van der Waals surface area (Å²) in [4.78, 5) is 0. The van der Waals surface area contributed by atoms with Gasteiger partial charge in [0, 0.05) is 16.9 Å². The number of aromatic nitrogens is 2. The summed E-state index contributed by atoms with van der Waals surface area (Å²) in [5.74, 6) is 0. The maximum atomic E-state index is 5.98. The molecule has 0 bridgehead atoms. The molecule has 0 saturated heterocycles. The molecule has 1 aromatic heterocycles. The van der Waals surface area contributed by atoms with Gasteiger partial charge in [0.1, 0.15) is 0 Å². The first kappa shape index (κ1) is 9.03. The molecule has 2 aromatic rings. The van der Waals surface area contributed by atoms with Crippen molar-refractivity contribution in [1.82, 2.24) is 9.78 Å². The molecule has 4 heteroatoms. The number of benzene rings is 1. The van der Waals surface area contributed by atoms with Crippen molar-refractivity contribution in [3.63, 3.8) is 0 Å². The molecule has 0 aliphatic heterocycles. The van der Waals surface area contributed by atoms with Crippen LogP contribution in [-0.2, 0) is 7.05 Å². The van der Waals surface area contributed by atoms with Crippen LogP contribution in [0.25, 0.3) is 10.9 Å². The van der Waals surface area contributed by atoms with E-state index in [0.29, 0.717) is 0 Å². The second-order valence-corrected chi connectivity index (χ2v) is 4.25. The van der Waals surface area contributed by atoms with Crippen molar-refractivity contribution in [3.05, 3.63) is 27.3 Å². The lowest BCUT2D eigenvalue weighted by molar-refractivity contribution is 0.783. The first-order valence-corrected chi connectivity index (χ1v) is 5.05. The summed E-state index contributed by atoms with van der Waals surface area (Å²) < 4.78 is 2.75. The lowest BCUT2D eigenvalue weighted by Crippen LogP contribution is -1.89. The molecule has 0 saturated carbocycles. The van der Waals surface area contributed by atoms with Crippen molar-refractivity contribution in [1.29, 1.82) is 0 Å². The summed E-state index contributed by atoms with van der Waals surface area (Å²) in [6.45, 7) is 1.99. The lowest BCUT2D eigenvalue weighted by Gasteiger charge is -1.97. The summed E-state index contributed by atoms with van der Waals surface area (Å²) >= 11 is 9.37. The van der Waals surface area contributed by atoms with Crippen molar-refractivity contribution < 1.29 is 0 Å². The van der Waals surface area contributed by atoms with Crippen LogP contribution in [0.1, 0.15) is 5.69 Å². The topological polar surface area (TPSA) is 17.8 Å². The fourth-order valence-corrected chi connectivity index (χ4v) is 1.93. The predicted octanol–water partition coefficient (Wildman–Crippen LogP) is 3.30. The highest BCUT2D eigenvalue weighted by Gasteiger charge is 2.07. The maximum Gasteiger partial charge on any atom is 0.0697 e. The van der Waals surface area contributed by atoms with Crippen LogP contribution in [0.15, 0.2) is 16.6 Å². The minimum absolute atomic E-state index is 0.718. The molecule has 0 aliphatic rings. The average molecular weight is 260 g/mol. The Morgan fingerprint density at radius 3 is 2.85 bits per heavy atom. The second-order valence-electron chi connectivity index (χ2n) is 2.99. The minimum atomic E-state index is 0.718. The van der Waals surface area contributed by atoms with Crippen molar-refractivity contribution in [2.24, 2.45) is 7.05 Å². The van der Waals surface area contributed by atoms with Crippen molar-refractivity contribution in [2.75, 3.05) is 0 Å². The van der Waals surface area contributed by atoms with Gasteiger partial charge in [-0.3, -0.25) is 4.68 Å². The highest BCUT2D eigenvalue weighted by Crippen LogP contribution is 2.29. The molecular formula is C9H8BrClN2. The number of rotatable bonds is 0. The van der Waals surface area contributed by atoms with E-state index < -0.39 is 0 Å². The van der Waals surface area contributed by atoms with Crippen LogP contribution in [0.3, 0.4) is 0 Å². The molecular weight excluding hydrogens is 251 g/mol. The van der Waals surface area contributed by atoms with E-state index in [-0.39, 0.29) is 0 Å². The Kier molecular flexibility index (Phi) is 2.08. The largest absolute Gasteiger partial charge is 0.268 e. The van der Waals surface area contributed by atoms with Gasteiger partial charge in [0.2, 0.25) is 0 Å². The van der Waals surface area contributed by atoms with E-state index in [0.717, 1.165) is 26.1 Å². The van der Waals surface area contributed by atoms with Crippen molar-refractivity contribution >= 4 is 38.4 Å². The van der Waals surface area contributed by atoms with Gasteiger partial charge in [0.15, 0.2) is 0 Å². The summed E-state index contributed by atoms with van der Waals surface area (Å²) in [6.07, 6.45) is 0. The molecule has 0 spiro atoms. The van der Waals surface area contributed by atoms with Crippen molar-refractivity contribution in [3.8, 4) is 0 Å². The molecule has 1 aromatic carbocycles. The number of hydrogen-bond donors (Lipinski definition) is 0. The Hall–Kier alpha value is -0.540. The Morgan fingerprint density at radius 2 is 2.15 bits per heavy atom. The number of halogens is 2. The van der Waals surface area contributed by atoms with Crippen molar-refractivity contribution in [2.45, 2.75) is 6.92 Å². The first-order valence-electron chi connectivity index (χ1n) is 3.88. The molecule has 0 N–H and O–H groups in total. The van der Waals surface area contributed by atoms with E-state index in [2.05, 4.69) is 21.0 Å². The quantitative estimate of drug-likeness (QED) is 0.710. The fraction of sp³-hybridized carbons (Fsp3) is 0.222. The van der Waals surface area contributed by atoms with Gasteiger partial charge >= 0.3 is 0 Å². The molecule has 2 nitrogen and oxygen atoms in total. The van der Waals surface area contributed by atoms with E-state index in [1.165, 1.54) is 0 Å². The molecule has 2 rings (SSSR count). The molecule has 0 amide bonds. The van der Waals surface area contributed by atoms with Crippen LogP contribution in [0.2, 0.25) is 5.02 Å². The SMILES string of the molecule is Cc1nn(C)c2cc(Cl)c(Br)cc12. The van der Waals surface area contributed by atoms with Gasteiger partial charge < -0.3 is 0 Å². The third-order valence-corrected chi connectivity index (χ3v) is 3.27. The Morgan fingerprint density at radius 1 is 1.46 bits per heavy atom. The van der Waals surface area contributed by atoms with Gasteiger partial charge in [-0.25, -0.2) is 0 Å². The third-order valence-electron chi connectivity index (χ3n) is 2.08. The Balaban J connectivity index is 2.91. The monoisotopic (exact) mass is 258 g/mol. The summed E-state index contributed by atoms with van der Waals surface area (Å²) in [5, 5.41) is 6.17. The van der Waals surface area contributed by atoms with Crippen LogP contribution in [0.4, 0.5) is 0 Å². The van der Waals surface area contributed by atoms with E-state index >= 15 is 0 Å². The molecule has 68 valence electrons. The third kappa shape index (κ3) is 1.36. The highest BCUT2D eigenvalue weighted by atomic mass is 79.9. The zero-order valence-corrected chi connectivity index (χ0v) is 9.65. The van der Waals surface area contributed by atoms with Gasteiger partial charge in [-0.05, 0) is 35.0 Å². The Bertz CT molecular complexity index is 434. The summed E-state index contributed by atoms with van der Waals surface area (Å²) in [6, 6.07) is 3.92. The van der Waals surface area contributed by atoms with Gasteiger partial charge in [-0.15, -0.1) is 0 Å². The normalized spacial score (nSPS) is 11.1. The van der Waals surface area contributed by atoms with E-state index in [1.54, 1.807) is 0 Å². The van der Waals surface area contributed by atoms with Gasteiger partial charge in [-0.1, -0.05) is 11.6 Å². The zero-order valence-electron chi connectivity index (χ0n) is 7.31. The molecule has 0 fully saturated rings. The van der Waals surface area contributed by atoms with Crippen LogP contribution >= 0.6 is 27.5 Å². The maximum absolute atomic E-state index is 5.98. The smallest absolute Gasteiger partial charge is 0.0697 e. The van der Waals surface area contributed by atoms with E-state index in [9.17, 15) is 0 Å². The average Bonchev–Trinajstić information content (AvgIpc) is 2.31. The number of fused-ring (bicyclic) bond motifs is 1. The predicted molar refractivity (Wildman–Crippen MR) is 58.2 cm³/mol. The van der Waals surface area contributed by atoms with E-state index in [1.807, 2.05) is 30.8 Å². The van der Waals surface area contributed by atoms with Crippen LogP contribution < -0.4 is 0 Å². The zero-order chi connectivity index (χ0) is 9.59. The van der Waals surface area contributed by atoms with Gasteiger partial charge in [0.05, 0.1) is 16.2 Å². The van der Waals surface area contributed by atoms with Crippen LogP contribution in [0, 0.1) is 6.92 Å². The summed E-state index contributed by atoms with van der Waals surface area (Å²) in [5.41, 5.74) is 2.08.